The maximum atomic E-state index is 8.70. The second-order valence-electron chi connectivity index (χ2n) is 1.68. The predicted octanol–water partition coefficient (Wildman–Crippen LogP) is 0.797. The molecule has 0 fully saturated rings. The largest absolute Gasteiger partial charge is 0.692 e. The Kier molecular flexibility index (Phi) is 14.8. The first-order chi connectivity index (χ1) is 4.65. The fraction of sp³-hybridized carbons (Fsp3) is 1.00. The number of hydrogen-bond donors (Lipinski definition) is 3. The summed E-state index contributed by atoms with van der Waals surface area (Å²) in [5, 5.41) is 8.20. The zero-order valence-corrected chi connectivity index (χ0v) is 6.92. The molecule has 0 aliphatic rings. The van der Waals surface area contributed by atoms with Crippen LogP contribution in [0.3, 0.4) is 0 Å². The number of hydrogen-bond acceptors (Lipinski definition) is 2. The molecule has 0 unspecified atom stereocenters. The summed E-state index contributed by atoms with van der Waals surface area (Å²) in [5.74, 6) is 0. The van der Waals surface area contributed by atoms with Crippen LogP contribution in [0.15, 0.2) is 0 Å². The minimum atomic E-state index is -2.87. The van der Waals surface area contributed by atoms with E-state index >= 15 is 0 Å². The maximum absolute atomic E-state index is 8.70. The molecule has 0 aliphatic carbocycles. The van der Waals surface area contributed by atoms with Gasteiger partial charge in [-0.1, -0.05) is 19.8 Å². The lowest BCUT2D eigenvalue weighted by Crippen LogP contribution is -1.78. The highest BCUT2D eigenvalue weighted by atomic mass is 31.1. The van der Waals surface area contributed by atoms with Crippen molar-refractivity contribution in [2.75, 3.05) is 6.61 Å². The van der Waals surface area contributed by atoms with Gasteiger partial charge in [-0.3, -0.25) is 0 Å². The van der Waals surface area contributed by atoms with E-state index in [2.05, 4.69) is 6.92 Å². The number of unbranched alkanes of at least 4 members (excludes halogenated alkanes) is 2. The third-order valence-corrected chi connectivity index (χ3v) is 0.762. The molecular formula is C5H14O4P+. The summed E-state index contributed by atoms with van der Waals surface area (Å²) in [6, 6.07) is 0. The van der Waals surface area contributed by atoms with E-state index < -0.39 is 8.25 Å². The van der Waals surface area contributed by atoms with Gasteiger partial charge in [0.15, 0.2) is 0 Å². The van der Waals surface area contributed by atoms with Crippen LogP contribution in [0.25, 0.3) is 0 Å². The first-order valence-electron chi connectivity index (χ1n) is 3.11. The highest BCUT2D eigenvalue weighted by Crippen LogP contribution is 1.98. The van der Waals surface area contributed by atoms with Crippen molar-refractivity contribution in [3.05, 3.63) is 0 Å². The molecule has 5 heteroatoms. The minimum absolute atomic E-state index is 0.355. The molecule has 0 saturated heterocycles. The molecule has 10 heavy (non-hydrogen) atoms. The zero-order chi connectivity index (χ0) is 8.41. The molecule has 0 saturated carbocycles. The molecule has 0 bridgehead atoms. The lowest BCUT2D eigenvalue weighted by Gasteiger charge is -1.85. The summed E-state index contributed by atoms with van der Waals surface area (Å²) in [7, 11) is -2.87. The topological polar surface area (TPSA) is 77.8 Å². The van der Waals surface area contributed by atoms with Gasteiger partial charge < -0.3 is 5.11 Å². The second-order valence-corrected chi connectivity index (χ2v) is 2.19. The van der Waals surface area contributed by atoms with Crippen LogP contribution in [-0.2, 0) is 4.57 Å². The smallest absolute Gasteiger partial charge is 0.396 e. The first kappa shape index (κ1) is 12.6. The summed E-state index contributed by atoms with van der Waals surface area (Å²) in [6.45, 7) is 2.48. The molecule has 0 aromatic rings. The van der Waals surface area contributed by atoms with Gasteiger partial charge in [0, 0.05) is 11.2 Å². The summed E-state index contributed by atoms with van der Waals surface area (Å²) >= 11 is 0. The second kappa shape index (κ2) is 11.7. The monoisotopic (exact) mass is 169 g/mol. The molecule has 0 atom stereocenters. The van der Waals surface area contributed by atoms with Gasteiger partial charge in [0.1, 0.15) is 0 Å². The molecule has 0 radical (unpaired) electrons. The van der Waals surface area contributed by atoms with E-state index in [4.69, 9.17) is 19.5 Å². The molecule has 0 aliphatic heterocycles. The Labute approximate surface area is 61.5 Å². The zero-order valence-electron chi connectivity index (χ0n) is 6.03. The Morgan fingerprint density at radius 3 is 1.80 bits per heavy atom. The molecule has 0 aromatic carbocycles. The van der Waals surface area contributed by atoms with Gasteiger partial charge in [-0.25, -0.2) is 0 Å². The van der Waals surface area contributed by atoms with E-state index in [1.807, 2.05) is 0 Å². The Hall–Kier alpha value is -0.0200. The van der Waals surface area contributed by atoms with Crippen molar-refractivity contribution < 1.29 is 19.5 Å². The number of aliphatic hydroxyl groups excluding tert-OH is 1. The van der Waals surface area contributed by atoms with E-state index in [1.165, 1.54) is 6.42 Å². The molecule has 4 nitrogen and oxygen atoms in total. The standard InChI is InChI=1S/C5H12O.HO3P/c1-2-3-4-5-6;1-4(2)3/h6H,2-5H2,1H3;(H-,1,2,3)/p+1. The molecular weight excluding hydrogens is 155 g/mol. The van der Waals surface area contributed by atoms with Crippen molar-refractivity contribution >= 4 is 8.25 Å². The quantitative estimate of drug-likeness (QED) is 0.431. The van der Waals surface area contributed by atoms with Gasteiger partial charge in [-0.05, 0) is 6.42 Å². The molecule has 0 rings (SSSR count). The highest BCUT2D eigenvalue weighted by molar-refractivity contribution is 7.30. The fourth-order valence-corrected chi connectivity index (χ4v) is 0.362. The van der Waals surface area contributed by atoms with Crippen LogP contribution in [0.5, 0.6) is 0 Å². The Balaban J connectivity index is 0. The number of aliphatic hydroxyl groups is 1. The molecule has 3 N–H and O–H groups in total. The maximum Gasteiger partial charge on any atom is 0.692 e. The average Bonchev–Trinajstić information content (AvgIpc) is 1.82. The molecule has 0 heterocycles. The van der Waals surface area contributed by atoms with Gasteiger partial charge in [-0.15, -0.1) is 9.79 Å². The normalized spacial score (nSPS) is 8.00. The summed E-state index contributed by atoms with van der Waals surface area (Å²) in [5.41, 5.74) is 0. The van der Waals surface area contributed by atoms with Gasteiger partial charge in [0.2, 0.25) is 0 Å². The van der Waals surface area contributed by atoms with E-state index in [-0.39, 0.29) is 0 Å². The average molecular weight is 169 g/mol. The van der Waals surface area contributed by atoms with Crippen molar-refractivity contribution in [2.45, 2.75) is 26.2 Å². The van der Waals surface area contributed by atoms with Gasteiger partial charge in [0.05, 0.1) is 0 Å². The Morgan fingerprint density at radius 1 is 1.30 bits per heavy atom. The van der Waals surface area contributed by atoms with E-state index in [0.717, 1.165) is 12.8 Å². The van der Waals surface area contributed by atoms with Crippen LogP contribution in [0, 0.1) is 0 Å². The summed E-state index contributed by atoms with van der Waals surface area (Å²) < 4.78 is 8.70. The predicted molar refractivity (Wildman–Crippen MR) is 38.7 cm³/mol. The van der Waals surface area contributed by atoms with E-state index in [1.54, 1.807) is 0 Å². The fourth-order valence-electron chi connectivity index (χ4n) is 0.362. The molecule has 0 spiro atoms. The Morgan fingerprint density at radius 2 is 1.70 bits per heavy atom. The van der Waals surface area contributed by atoms with Gasteiger partial charge >= 0.3 is 8.25 Å². The minimum Gasteiger partial charge on any atom is -0.396 e. The van der Waals surface area contributed by atoms with Crippen molar-refractivity contribution in [3.63, 3.8) is 0 Å². The third-order valence-electron chi connectivity index (χ3n) is 0.762. The van der Waals surface area contributed by atoms with Crippen molar-refractivity contribution in [1.29, 1.82) is 0 Å². The lowest BCUT2D eigenvalue weighted by molar-refractivity contribution is 0.284. The Bertz CT molecular complexity index is 68.0. The molecule has 0 aromatic heterocycles. The molecule has 0 amide bonds. The van der Waals surface area contributed by atoms with E-state index in [9.17, 15) is 0 Å². The SMILES string of the molecule is CCCCCO.O=[P+](O)O. The van der Waals surface area contributed by atoms with E-state index in [0.29, 0.717) is 6.61 Å². The summed E-state index contributed by atoms with van der Waals surface area (Å²) in [4.78, 5) is 14.2. The van der Waals surface area contributed by atoms with Crippen LogP contribution in [0.1, 0.15) is 26.2 Å². The first-order valence-corrected chi connectivity index (χ1v) is 4.27. The van der Waals surface area contributed by atoms with Crippen molar-refractivity contribution in [1.82, 2.24) is 0 Å². The van der Waals surface area contributed by atoms with Crippen LogP contribution in [0.2, 0.25) is 0 Å². The van der Waals surface area contributed by atoms with Crippen LogP contribution in [-0.4, -0.2) is 21.5 Å². The van der Waals surface area contributed by atoms with Crippen LogP contribution >= 0.6 is 8.25 Å². The van der Waals surface area contributed by atoms with Crippen molar-refractivity contribution in [2.24, 2.45) is 0 Å². The lowest BCUT2D eigenvalue weighted by atomic mass is 10.3. The highest BCUT2D eigenvalue weighted by Gasteiger charge is 1.93. The van der Waals surface area contributed by atoms with Gasteiger partial charge in [0.25, 0.3) is 0 Å². The van der Waals surface area contributed by atoms with Crippen molar-refractivity contribution in [3.8, 4) is 0 Å². The van der Waals surface area contributed by atoms with Crippen LogP contribution < -0.4 is 0 Å². The van der Waals surface area contributed by atoms with Crippen LogP contribution in [0.4, 0.5) is 0 Å². The summed E-state index contributed by atoms with van der Waals surface area (Å²) in [6.07, 6.45) is 3.33. The van der Waals surface area contributed by atoms with Gasteiger partial charge in [-0.2, -0.15) is 0 Å². The molecule has 62 valence electrons. The third kappa shape index (κ3) is 43.8. The number of rotatable bonds is 3.